The molecule has 1 amide bonds. The molecule has 3 saturated heterocycles. The van der Waals surface area contributed by atoms with Crippen LogP contribution in [0.5, 0.6) is 5.75 Å². The minimum Gasteiger partial charge on any atom is -0.496 e. The van der Waals surface area contributed by atoms with Gasteiger partial charge in [-0.1, -0.05) is 18.2 Å². The van der Waals surface area contributed by atoms with Gasteiger partial charge in [-0.05, 0) is 44.1 Å². The Balaban J connectivity index is 1.47. The molecule has 36 heavy (non-hydrogen) atoms. The van der Waals surface area contributed by atoms with E-state index in [1.54, 1.807) is 18.4 Å². The number of methoxy groups -OCH3 is 2. The maximum absolute atomic E-state index is 11.5. The fraction of sp³-hybridized carbons (Fsp3) is 0.519. The summed E-state index contributed by atoms with van der Waals surface area (Å²) in [4.78, 5) is 27.6. The number of amides is 1. The van der Waals surface area contributed by atoms with Crippen molar-refractivity contribution in [3.63, 3.8) is 0 Å². The molecule has 1 aromatic carbocycles. The zero-order chi connectivity index (χ0) is 24.8. The highest BCUT2D eigenvalue weighted by Crippen LogP contribution is 2.47. The number of anilines is 2. The predicted octanol–water partition coefficient (Wildman–Crippen LogP) is 4.21. The van der Waals surface area contributed by atoms with Crippen molar-refractivity contribution in [1.29, 1.82) is 0 Å². The third-order valence-electron chi connectivity index (χ3n) is 8.13. The quantitative estimate of drug-likeness (QED) is 0.512. The third-order valence-corrected chi connectivity index (χ3v) is 9.00. The number of nitrogens with two attached hydrogens (primary N) is 1. The Labute approximate surface area is 215 Å². The van der Waals surface area contributed by atoms with E-state index >= 15 is 0 Å². The van der Waals surface area contributed by atoms with Crippen LogP contribution in [-0.4, -0.2) is 61.4 Å². The number of piperidine rings is 1. The van der Waals surface area contributed by atoms with Gasteiger partial charge in [0, 0.05) is 55.2 Å². The van der Waals surface area contributed by atoms with E-state index in [-0.39, 0.29) is 11.8 Å². The van der Waals surface area contributed by atoms with Gasteiger partial charge in [-0.25, -0.2) is 4.98 Å². The summed E-state index contributed by atoms with van der Waals surface area (Å²) in [5.41, 5.74) is 7.66. The van der Waals surface area contributed by atoms with Gasteiger partial charge in [0.15, 0.2) is 0 Å². The second-order valence-electron chi connectivity index (χ2n) is 10.3. The second-order valence-corrected chi connectivity index (χ2v) is 11.1. The van der Waals surface area contributed by atoms with Crippen LogP contribution in [0.4, 0.5) is 11.8 Å². The predicted molar refractivity (Wildman–Crippen MR) is 143 cm³/mol. The van der Waals surface area contributed by atoms with Crippen molar-refractivity contribution in [3.8, 4) is 16.9 Å². The number of primary amides is 1. The van der Waals surface area contributed by atoms with Gasteiger partial charge >= 0.3 is 0 Å². The van der Waals surface area contributed by atoms with Gasteiger partial charge in [-0.15, -0.1) is 11.3 Å². The van der Waals surface area contributed by atoms with E-state index in [2.05, 4.69) is 21.2 Å². The number of benzene rings is 1. The number of thiophene rings is 1. The summed E-state index contributed by atoms with van der Waals surface area (Å²) in [6.45, 7) is 1.60. The van der Waals surface area contributed by atoms with Crippen LogP contribution in [0, 0.1) is 5.92 Å². The van der Waals surface area contributed by atoms with E-state index in [1.165, 1.54) is 0 Å². The van der Waals surface area contributed by atoms with Crippen molar-refractivity contribution in [1.82, 2.24) is 9.97 Å². The average Bonchev–Trinajstić information content (AvgIpc) is 3.59. The maximum Gasteiger partial charge on any atom is 0.228 e. The number of hydrogen-bond donors (Lipinski definition) is 1. The molecule has 3 unspecified atom stereocenters. The van der Waals surface area contributed by atoms with E-state index in [9.17, 15) is 4.79 Å². The molecule has 3 aliphatic rings. The van der Waals surface area contributed by atoms with Crippen molar-refractivity contribution in [2.45, 2.75) is 56.7 Å². The summed E-state index contributed by atoms with van der Waals surface area (Å²) in [6.07, 6.45) is 6.00. The van der Waals surface area contributed by atoms with Crippen LogP contribution in [0.2, 0.25) is 0 Å². The highest BCUT2D eigenvalue weighted by atomic mass is 32.1. The van der Waals surface area contributed by atoms with Gasteiger partial charge in [0.2, 0.25) is 11.9 Å². The summed E-state index contributed by atoms with van der Waals surface area (Å²) in [6, 6.07) is 8.98. The first kappa shape index (κ1) is 23.5. The molecule has 8 nitrogen and oxygen atoms in total. The minimum atomic E-state index is -0.240. The van der Waals surface area contributed by atoms with Crippen LogP contribution < -0.4 is 20.3 Å². The van der Waals surface area contributed by atoms with Crippen LogP contribution in [0.1, 0.15) is 38.5 Å². The lowest BCUT2D eigenvalue weighted by atomic mass is 9.98. The normalized spacial score (nSPS) is 25.6. The van der Waals surface area contributed by atoms with Gasteiger partial charge in [0.25, 0.3) is 0 Å². The highest BCUT2D eigenvalue weighted by Gasteiger charge is 2.43. The van der Waals surface area contributed by atoms with Gasteiger partial charge in [-0.2, -0.15) is 4.98 Å². The van der Waals surface area contributed by atoms with Gasteiger partial charge in [-0.3, -0.25) is 4.79 Å². The van der Waals surface area contributed by atoms with E-state index in [4.69, 9.17) is 25.2 Å². The number of nitrogens with zero attached hydrogens (tertiary/aromatic N) is 4. The highest BCUT2D eigenvalue weighted by molar-refractivity contribution is 7.17. The number of hydrogen-bond acceptors (Lipinski definition) is 8. The van der Waals surface area contributed by atoms with Crippen molar-refractivity contribution >= 4 is 39.2 Å². The number of aromatic nitrogens is 2. The fourth-order valence-electron chi connectivity index (χ4n) is 6.44. The summed E-state index contributed by atoms with van der Waals surface area (Å²) in [5, 5.41) is 3.29. The van der Waals surface area contributed by atoms with Crippen molar-refractivity contribution in [2.24, 2.45) is 11.7 Å². The molecule has 2 N–H and O–H groups in total. The molecule has 5 heterocycles. The van der Waals surface area contributed by atoms with E-state index in [0.29, 0.717) is 24.6 Å². The Morgan fingerprint density at radius 2 is 1.89 bits per heavy atom. The summed E-state index contributed by atoms with van der Waals surface area (Å²) in [5.74, 6) is 2.65. The molecule has 0 radical (unpaired) electrons. The number of carbonyl (C=O) groups excluding carboxylic acids is 1. The van der Waals surface area contributed by atoms with E-state index < -0.39 is 0 Å². The second kappa shape index (κ2) is 9.52. The Morgan fingerprint density at radius 3 is 2.61 bits per heavy atom. The van der Waals surface area contributed by atoms with Gasteiger partial charge in [0.1, 0.15) is 16.4 Å². The molecule has 0 spiro atoms. The van der Waals surface area contributed by atoms with E-state index in [1.807, 2.05) is 25.3 Å². The van der Waals surface area contributed by atoms with Crippen molar-refractivity contribution < 1.29 is 14.3 Å². The number of carbonyl (C=O) groups is 1. The molecule has 0 saturated carbocycles. The lowest BCUT2D eigenvalue weighted by molar-refractivity contribution is -0.118. The summed E-state index contributed by atoms with van der Waals surface area (Å²) in [7, 11) is 3.55. The molecule has 3 aliphatic heterocycles. The summed E-state index contributed by atoms with van der Waals surface area (Å²) >= 11 is 1.66. The molecule has 3 aromatic rings. The molecule has 2 bridgehead atoms. The Hall–Kier alpha value is -2.91. The first-order valence-corrected chi connectivity index (χ1v) is 13.7. The molecule has 9 heteroatoms. The Kier molecular flexibility index (Phi) is 6.21. The van der Waals surface area contributed by atoms with Gasteiger partial charge in [0.05, 0.1) is 18.6 Å². The van der Waals surface area contributed by atoms with Crippen molar-refractivity contribution in [3.05, 3.63) is 29.6 Å². The molecule has 0 aliphatic carbocycles. The molecule has 190 valence electrons. The van der Waals surface area contributed by atoms with E-state index in [0.717, 1.165) is 84.1 Å². The topological polar surface area (TPSA) is 93.8 Å². The number of ether oxygens (including phenoxy) is 2. The van der Waals surface area contributed by atoms with Crippen LogP contribution in [0.3, 0.4) is 0 Å². The summed E-state index contributed by atoms with van der Waals surface area (Å²) < 4.78 is 11.5. The van der Waals surface area contributed by atoms with Crippen LogP contribution in [0.25, 0.3) is 21.3 Å². The maximum atomic E-state index is 11.5. The van der Waals surface area contributed by atoms with Gasteiger partial charge < -0.3 is 25.0 Å². The van der Waals surface area contributed by atoms with Crippen LogP contribution >= 0.6 is 11.3 Å². The zero-order valence-corrected chi connectivity index (χ0v) is 21.7. The smallest absolute Gasteiger partial charge is 0.228 e. The minimum absolute atomic E-state index is 0.240. The standard InChI is InChI=1S/C27H33N5O3S/c1-34-19-12-17-7-8-18(13-19)32(17)25-24-21(20-5-3-4-6-22(20)35-2)15-36-26(24)30-27(29-25)31-10-9-16(14-31)11-23(28)33/h3-6,15-19H,7-14H2,1-2H3,(H2,28,33). The SMILES string of the molecule is COc1ccccc1-c1csc2nc(N3CCC(CC(N)=O)C3)nc(N3C4CCC3CC(OC)C4)c12. The monoisotopic (exact) mass is 507 g/mol. The average molecular weight is 508 g/mol. The molecule has 2 aromatic heterocycles. The number of fused-ring (bicyclic) bond motifs is 3. The largest absolute Gasteiger partial charge is 0.496 e. The lowest BCUT2D eigenvalue weighted by Crippen LogP contribution is -2.46. The molecule has 6 rings (SSSR count). The van der Waals surface area contributed by atoms with Crippen LogP contribution in [-0.2, 0) is 9.53 Å². The zero-order valence-electron chi connectivity index (χ0n) is 20.9. The van der Waals surface area contributed by atoms with Crippen LogP contribution in [0.15, 0.2) is 29.6 Å². The Morgan fingerprint density at radius 1 is 1.11 bits per heavy atom. The molecular weight excluding hydrogens is 474 g/mol. The third kappa shape index (κ3) is 4.08. The first-order valence-electron chi connectivity index (χ1n) is 12.8. The van der Waals surface area contributed by atoms with Crippen molar-refractivity contribution in [2.75, 3.05) is 37.1 Å². The molecular formula is C27H33N5O3S. The molecule has 3 fully saturated rings. The Bertz CT molecular complexity index is 1270. The number of rotatable bonds is 7. The lowest BCUT2D eigenvalue weighted by Gasteiger charge is -2.40. The fourth-order valence-corrected chi connectivity index (χ4v) is 7.36. The first-order chi connectivity index (χ1) is 17.6. The molecule has 3 atom stereocenters. The number of para-hydroxylation sites is 1.